The first-order valence-corrected chi connectivity index (χ1v) is 9.40. The maximum Gasteiger partial charge on any atom is 0.165 e. The third-order valence-electron chi connectivity index (χ3n) is 5.36. The molecule has 1 aromatic rings. The number of likely N-dealkylation sites (tertiary alicyclic amines) is 1. The number of methoxy groups -OCH3 is 1. The minimum Gasteiger partial charge on any atom is -0.493 e. The number of halogens is 1. The van der Waals surface area contributed by atoms with Crippen molar-refractivity contribution in [1.82, 2.24) is 4.90 Å². The predicted octanol–water partition coefficient (Wildman–Crippen LogP) is 2.97. The average Bonchev–Trinajstić information content (AvgIpc) is 2.98. The summed E-state index contributed by atoms with van der Waals surface area (Å²) in [5, 5.41) is 10.6. The van der Waals surface area contributed by atoms with Crippen molar-refractivity contribution in [2.24, 2.45) is 11.3 Å². The molecule has 2 heterocycles. The summed E-state index contributed by atoms with van der Waals surface area (Å²) in [4.78, 5) is 2.37. The lowest BCUT2D eigenvalue weighted by molar-refractivity contribution is -0.0561. The second-order valence-corrected chi connectivity index (χ2v) is 7.61. The van der Waals surface area contributed by atoms with Crippen molar-refractivity contribution >= 4 is 11.6 Å². The number of aliphatic hydroxyl groups excluding tert-OH is 1. The minimum absolute atomic E-state index is 0.134. The van der Waals surface area contributed by atoms with Crippen LogP contribution in [0.15, 0.2) is 12.1 Å². The second-order valence-electron chi connectivity index (χ2n) is 7.17. The largest absolute Gasteiger partial charge is 0.493 e. The van der Waals surface area contributed by atoms with Crippen LogP contribution in [-0.4, -0.2) is 56.6 Å². The first kappa shape index (κ1) is 18.8. The lowest BCUT2D eigenvalue weighted by Gasteiger charge is -2.36. The number of nitrogens with zero attached hydrogens (tertiary/aromatic N) is 1. The molecule has 6 heteroatoms. The van der Waals surface area contributed by atoms with Gasteiger partial charge in [0.15, 0.2) is 11.5 Å². The molecule has 3 rings (SSSR count). The Kier molecular flexibility index (Phi) is 6.10. The molecule has 0 unspecified atom stereocenters. The van der Waals surface area contributed by atoms with Crippen LogP contribution in [0.1, 0.15) is 25.3 Å². The average molecular weight is 370 g/mol. The van der Waals surface area contributed by atoms with Crippen LogP contribution in [0.5, 0.6) is 11.5 Å². The van der Waals surface area contributed by atoms with Gasteiger partial charge in [-0.15, -0.1) is 0 Å². The van der Waals surface area contributed by atoms with Crippen LogP contribution in [0, 0.1) is 11.3 Å². The van der Waals surface area contributed by atoms with E-state index in [0.29, 0.717) is 29.9 Å². The number of hydrogen-bond donors (Lipinski definition) is 1. The molecule has 0 aliphatic carbocycles. The Bertz CT molecular complexity index is 597. The molecule has 0 aromatic heterocycles. The van der Waals surface area contributed by atoms with Crippen LogP contribution in [0.2, 0.25) is 5.02 Å². The van der Waals surface area contributed by atoms with Gasteiger partial charge in [0.2, 0.25) is 0 Å². The molecular weight excluding hydrogens is 342 g/mol. The molecule has 2 aliphatic rings. The summed E-state index contributed by atoms with van der Waals surface area (Å²) in [6.45, 7) is 6.85. The number of rotatable bonds is 7. The van der Waals surface area contributed by atoms with Crippen molar-refractivity contribution in [1.29, 1.82) is 0 Å². The van der Waals surface area contributed by atoms with Gasteiger partial charge in [-0.05, 0) is 24.8 Å². The molecule has 5 nitrogen and oxygen atoms in total. The van der Waals surface area contributed by atoms with Crippen molar-refractivity contribution in [2.75, 3.05) is 46.6 Å². The van der Waals surface area contributed by atoms with Gasteiger partial charge < -0.3 is 19.3 Å². The van der Waals surface area contributed by atoms with E-state index in [2.05, 4.69) is 11.8 Å². The number of ether oxygens (including phenoxy) is 3. The Morgan fingerprint density at radius 1 is 1.44 bits per heavy atom. The van der Waals surface area contributed by atoms with E-state index in [1.807, 2.05) is 6.07 Å². The van der Waals surface area contributed by atoms with Crippen LogP contribution in [0.25, 0.3) is 0 Å². The third-order valence-corrected chi connectivity index (χ3v) is 5.58. The topological polar surface area (TPSA) is 51.2 Å². The molecule has 2 atom stereocenters. The summed E-state index contributed by atoms with van der Waals surface area (Å²) >= 11 is 6.28. The van der Waals surface area contributed by atoms with Crippen LogP contribution in [-0.2, 0) is 11.3 Å². The van der Waals surface area contributed by atoms with Crippen LogP contribution in [0.3, 0.4) is 0 Å². The molecule has 0 bridgehead atoms. The monoisotopic (exact) mass is 369 g/mol. The van der Waals surface area contributed by atoms with Gasteiger partial charge in [-0.2, -0.15) is 0 Å². The molecule has 25 heavy (non-hydrogen) atoms. The van der Waals surface area contributed by atoms with Crippen molar-refractivity contribution < 1.29 is 19.3 Å². The first-order valence-electron chi connectivity index (χ1n) is 9.02. The van der Waals surface area contributed by atoms with E-state index < -0.39 is 0 Å². The molecule has 1 aromatic carbocycles. The van der Waals surface area contributed by atoms with Gasteiger partial charge in [-0.3, -0.25) is 4.90 Å². The SMILES string of the molecule is CCCOc1c(CN2C[C@@H]3CCOC[C@]3(CO)C2)cc(Cl)cc1OC. The van der Waals surface area contributed by atoms with E-state index in [0.717, 1.165) is 50.4 Å². The fourth-order valence-electron chi connectivity index (χ4n) is 4.05. The van der Waals surface area contributed by atoms with E-state index >= 15 is 0 Å². The quantitative estimate of drug-likeness (QED) is 0.800. The Morgan fingerprint density at radius 2 is 2.28 bits per heavy atom. The van der Waals surface area contributed by atoms with Gasteiger partial charge in [0.25, 0.3) is 0 Å². The molecule has 140 valence electrons. The molecule has 0 radical (unpaired) electrons. The molecule has 0 saturated carbocycles. The summed E-state index contributed by atoms with van der Waals surface area (Å²) < 4.78 is 17.1. The Hall–Kier alpha value is -1.01. The summed E-state index contributed by atoms with van der Waals surface area (Å²) in [5.41, 5.74) is 0.899. The molecular formula is C19H28ClNO4. The fraction of sp³-hybridized carbons (Fsp3) is 0.684. The summed E-state index contributed by atoms with van der Waals surface area (Å²) in [7, 11) is 1.64. The standard InChI is InChI=1S/C19H28ClNO4/c1-3-5-25-18-14(7-16(20)8-17(18)23-2)9-21-10-15-4-6-24-13-19(15,11-21)12-22/h7-8,15,22H,3-6,9-13H2,1-2H3/t15-,19+/m0/s1. The van der Waals surface area contributed by atoms with E-state index in [1.165, 1.54) is 0 Å². The highest BCUT2D eigenvalue weighted by Gasteiger charge is 2.48. The molecule has 2 aliphatic heterocycles. The smallest absolute Gasteiger partial charge is 0.165 e. The van der Waals surface area contributed by atoms with Gasteiger partial charge in [-0.25, -0.2) is 0 Å². The zero-order chi connectivity index (χ0) is 17.9. The van der Waals surface area contributed by atoms with Gasteiger partial charge in [0.1, 0.15) is 0 Å². The van der Waals surface area contributed by atoms with Crippen molar-refractivity contribution in [2.45, 2.75) is 26.3 Å². The molecule has 0 spiro atoms. The van der Waals surface area contributed by atoms with Crippen LogP contribution >= 0.6 is 11.6 Å². The Balaban J connectivity index is 1.81. The Labute approximate surface area is 154 Å². The van der Waals surface area contributed by atoms with E-state index in [1.54, 1.807) is 13.2 Å². The van der Waals surface area contributed by atoms with Crippen molar-refractivity contribution in [3.8, 4) is 11.5 Å². The number of benzene rings is 1. The van der Waals surface area contributed by atoms with Crippen molar-refractivity contribution in [3.05, 3.63) is 22.7 Å². The van der Waals surface area contributed by atoms with Crippen molar-refractivity contribution in [3.63, 3.8) is 0 Å². The zero-order valence-electron chi connectivity index (χ0n) is 15.1. The van der Waals surface area contributed by atoms with E-state index in [-0.39, 0.29) is 12.0 Å². The normalized spacial score (nSPS) is 26.5. The Morgan fingerprint density at radius 3 is 2.96 bits per heavy atom. The van der Waals surface area contributed by atoms with Gasteiger partial charge in [0.05, 0.1) is 26.9 Å². The van der Waals surface area contributed by atoms with E-state index in [9.17, 15) is 5.11 Å². The maximum atomic E-state index is 9.96. The fourth-order valence-corrected chi connectivity index (χ4v) is 4.28. The number of aliphatic hydroxyl groups is 1. The second kappa shape index (κ2) is 8.12. The van der Waals surface area contributed by atoms with Crippen LogP contribution < -0.4 is 9.47 Å². The summed E-state index contributed by atoms with van der Waals surface area (Å²) in [5.74, 6) is 1.93. The number of fused-ring (bicyclic) bond motifs is 1. The summed E-state index contributed by atoms with van der Waals surface area (Å²) in [6.07, 6.45) is 1.94. The predicted molar refractivity (Wildman–Crippen MR) is 97.5 cm³/mol. The third kappa shape index (κ3) is 3.90. The lowest BCUT2D eigenvalue weighted by atomic mass is 9.76. The molecule has 2 fully saturated rings. The lowest BCUT2D eigenvalue weighted by Crippen LogP contribution is -2.42. The molecule has 2 saturated heterocycles. The van der Waals surface area contributed by atoms with Crippen LogP contribution in [0.4, 0.5) is 0 Å². The minimum atomic E-state index is -0.134. The number of hydrogen-bond acceptors (Lipinski definition) is 5. The van der Waals surface area contributed by atoms with Gasteiger partial charge in [0, 0.05) is 48.3 Å². The molecule has 1 N–H and O–H groups in total. The highest BCUT2D eigenvalue weighted by atomic mass is 35.5. The first-order chi connectivity index (χ1) is 12.1. The zero-order valence-corrected chi connectivity index (χ0v) is 15.8. The van der Waals surface area contributed by atoms with E-state index in [4.69, 9.17) is 25.8 Å². The molecule has 0 amide bonds. The van der Waals surface area contributed by atoms with Gasteiger partial charge >= 0.3 is 0 Å². The van der Waals surface area contributed by atoms with Gasteiger partial charge in [-0.1, -0.05) is 18.5 Å². The highest BCUT2D eigenvalue weighted by molar-refractivity contribution is 6.30. The highest BCUT2D eigenvalue weighted by Crippen LogP contribution is 2.43. The summed E-state index contributed by atoms with van der Waals surface area (Å²) in [6, 6.07) is 3.75. The maximum absolute atomic E-state index is 9.96.